The summed E-state index contributed by atoms with van der Waals surface area (Å²) in [6, 6.07) is 2.84. The molecule has 2 saturated carbocycles. The Hall–Kier alpha value is -1.47. The van der Waals surface area contributed by atoms with Gasteiger partial charge in [-0.2, -0.15) is 0 Å². The number of amides is 1. The zero-order chi connectivity index (χ0) is 18.0. The van der Waals surface area contributed by atoms with Gasteiger partial charge in [0.2, 0.25) is 15.9 Å². The fourth-order valence-corrected chi connectivity index (χ4v) is 8.17. The summed E-state index contributed by atoms with van der Waals surface area (Å²) in [5.74, 6) is 0.221. The molecular weight excluding hydrogens is 338 g/mol. The SMILES string of the molecule is CC1(C)[C@H]2CC[C@@]13CS(=O)(=O)N(C(=O)C[C@@H](N)c1cccnc1)[C@H]3C2. The van der Waals surface area contributed by atoms with Gasteiger partial charge in [-0.05, 0) is 42.2 Å². The van der Waals surface area contributed by atoms with Crippen LogP contribution in [0, 0.1) is 16.7 Å². The van der Waals surface area contributed by atoms with E-state index in [1.807, 2.05) is 6.07 Å². The van der Waals surface area contributed by atoms with Crippen LogP contribution in [0.15, 0.2) is 24.5 Å². The van der Waals surface area contributed by atoms with Crippen molar-refractivity contribution in [1.82, 2.24) is 9.29 Å². The summed E-state index contributed by atoms with van der Waals surface area (Å²) in [4.78, 5) is 16.9. The van der Waals surface area contributed by atoms with Gasteiger partial charge in [-0.15, -0.1) is 0 Å². The summed E-state index contributed by atoms with van der Waals surface area (Å²) in [5.41, 5.74) is 6.56. The molecule has 0 radical (unpaired) electrons. The minimum Gasteiger partial charge on any atom is -0.323 e. The van der Waals surface area contributed by atoms with Crippen LogP contribution in [0.2, 0.25) is 0 Å². The number of nitrogens with two attached hydrogens (primary N) is 1. The molecule has 136 valence electrons. The average Bonchev–Trinajstić information content (AvgIpc) is 3.02. The van der Waals surface area contributed by atoms with E-state index in [4.69, 9.17) is 5.73 Å². The summed E-state index contributed by atoms with van der Waals surface area (Å²) < 4.78 is 26.9. The summed E-state index contributed by atoms with van der Waals surface area (Å²) >= 11 is 0. The molecule has 7 heteroatoms. The zero-order valence-corrected chi connectivity index (χ0v) is 15.5. The first-order chi connectivity index (χ1) is 11.7. The van der Waals surface area contributed by atoms with Crippen molar-refractivity contribution < 1.29 is 13.2 Å². The molecule has 2 bridgehead atoms. The van der Waals surface area contributed by atoms with E-state index >= 15 is 0 Å². The third-order valence-electron chi connectivity index (χ3n) is 7.16. The molecule has 2 N–H and O–H groups in total. The Labute approximate surface area is 148 Å². The summed E-state index contributed by atoms with van der Waals surface area (Å²) in [5, 5.41) is 0. The highest BCUT2D eigenvalue weighted by Gasteiger charge is 2.72. The predicted molar refractivity (Wildman–Crippen MR) is 93.8 cm³/mol. The van der Waals surface area contributed by atoms with Gasteiger partial charge in [-0.3, -0.25) is 9.78 Å². The van der Waals surface area contributed by atoms with E-state index in [0.717, 1.165) is 24.8 Å². The lowest BCUT2D eigenvalue weighted by atomic mass is 9.69. The van der Waals surface area contributed by atoms with E-state index in [1.165, 1.54) is 4.31 Å². The Balaban J connectivity index is 1.61. The minimum absolute atomic E-state index is 0.0113. The van der Waals surface area contributed by atoms with Crippen LogP contribution in [-0.4, -0.2) is 35.4 Å². The highest BCUT2D eigenvalue weighted by Crippen LogP contribution is 2.70. The highest BCUT2D eigenvalue weighted by molar-refractivity contribution is 7.90. The van der Waals surface area contributed by atoms with E-state index in [-0.39, 0.29) is 35.0 Å². The molecule has 4 rings (SSSR count). The molecule has 3 aliphatic rings. The van der Waals surface area contributed by atoms with Crippen molar-refractivity contribution in [2.45, 2.75) is 51.6 Å². The van der Waals surface area contributed by atoms with Crippen LogP contribution in [0.3, 0.4) is 0 Å². The van der Waals surface area contributed by atoms with Gasteiger partial charge >= 0.3 is 0 Å². The van der Waals surface area contributed by atoms with Crippen LogP contribution in [0.5, 0.6) is 0 Å². The first-order valence-electron chi connectivity index (χ1n) is 8.89. The predicted octanol–water partition coefficient (Wildman–Crippen LogP) is 1.84. The molecule has 2 heterocycles. The maximum Gasteiger partial charge on any atom is 0.238 e. The fraction of sp³-hybridized carbons (Fsp3) is 0.667. The largest absolute Gasteiger partial charge is 0.323 e. The zero-order valence-electron chi connectivity index (χ0n) is 14.7. The molecule has 0 unspecified atom stereocenters. The molecule has 1 amide bonds. The van der Waals surface area contributed by atoms with Crippen molar-refractivity contribution >= 4 is 15.9 Å². The maximum atomic E-state index is 12.9. The number of sulfonamides is 1. The molecule has 2 aliphatic carbocycles. The fourth-order valence-electron chi connectivity index (χ4n) is 5.61. The van der Waals surface area contributed by atoms with Gasteiger partial charge < -0.3 is 5.73 Å². The number of fused-ring (bicyclic) bond motifs is 1. The van der Waals surface area contributed by atoms with Crippen molar-refractivity contribution in [2.75, 3.05) is 5.75 Å². The molecule has 6 nitrogen and oxygen atoms in total. The number of aromatic nitrogens is 1. The quantitative estimate of drug-likeness (QED) is 0.884. The summed E-state index contributed by atoms with van der Waals surface area (Å²) in [7, 11) is -3.58. The number of nitrogens with zero attached hydrogens (tertiary/aromatic N) is 2. The van der Waals surface area contributed by atoms with Crippen molar-refractivity contribution in [3.8, 4) is 0 Å². The Morgan fingerprint density at radius 2 is 2.24 bits per heavy atom. The number of carbonyl (C=O) groups is 1. The monoisotopic (exact) mass is 363 g/mol. The number of rotatable bonds is 3. The van der Waals surface area contributed by atoms with Crippen LogP contribution >= 0.6 is 0 Å². The summed E-state index contributed by atoms with van der Waals surface area (Å²) in [6.45, 7) is 4.35. The van der Waals surface area contributed by atoms with Crippen molar-refractivity contribution in [3.05, 3.63) is 30.1 Å². The average molecular weight is 363 g/mol. The van der Waals surface area contributed by atoms with Gasteiger partial charge in [0.1, 0.15) is 0 Å². The Morgan fingerprint density at radius 3 is 2.88 bits per heavy atom. The van der Waals surface area contributed by atoms with E-state index in [2.05, 4.69) is 18.8 Å². The second-order valence-corrected chi connectivity index (χ2v) is 10.3. The maximum absolute atomic E-state index is 12.9. The van der Waals surface area contributed by atoms with Crippen LogP contribution < -0.4 is 5.73 Å². The molecular formula is C18H25N3O3S. The first-order valence-corrected chi connectivity index (χ1v) is 10.5. The lowest BCUT2D eigenvalue weighted by Gasteiger charge is -2.37. The van der Waals surface area contributed by atoms with Crippen LogP contribution in [0.4, 0.5) is 0 Å². The molecule has 4 atom stereocenters. The van der Waals surface area contributed by atoms with Gasteiger partial charge in [0.25, 0.3) is 0 Å². The van der Waals surface area contributed by atoms with E-state index in [1.54, 1.807) is 18.5 Å². The molecule has 1 aromatic heterocycles. The lowest BCUT2D eigenvalue weighted by molar-refractivity contribution is -0.129. The lowest BCUT2D eigenvalue weighted by Crippen LogP contribution is -2.44. The summed E-state index contributed by atoms with van der Waals surface area (Å²) in [6.07, 6.45) is 6.01. The van der Waals surface area contributed by atoms with Gasteiger partial charge in [0.15, 0.2) is 0 Å². The van der Waals surface area contributed by atoms with E-state index in [0.29, 0.717) is 5.92 Å². The molecule has 25 heavy (non-hydrogen) atoms. The van der Waals surface area contributed by atoms with Crippen LogP contribution in [-0.2, 0) is 14.8 Å². The molecule has 1 saturated heterocycles. The van der Waals surface area contributed by atoms with Gasteiger partial charge in [-0.25, -0.2) is 12.7 Å². The molecule has 1 aliphatic heterocycles. The van der Waals surface area contributed by atoms with Crippen molar-refractivity contribution in [3.63, 3.8) is 0 Å². The van der Waals surface area contributed by atoms with Gasteiger partial charge in [0.05, 0.1) is 11.8 Å². The molecule has 1 spiro atoms. The first kappa shape index (κ1) is 17.0. The second kappa shape index (κ2) is 5.27. The number of hydrogen-bond acceptors (Lipinski definition) is 5. The van der Waals surface area contributed by atoms with Crippen molar-refractivity contribution in [1.29, 1.82) is 0 Å². The third kappa shape index (κ3) is 2.21. The smallest absolute Gasteiger partial charge is 0.238 e. The molecule has 0 aromatic carbocycles. The number of carbonyl (C=O) groups excluding carboxylic acids is 1. The Bertz CT molecular complexity index is 808. The van der Waals surface area contributed by atoms with Gasteiger partial charge in [0, 0.05) is 30.3 Å². The topological polar surface area (TPSA) is 93.4 Å². The Kier molecular flexibility index (Phi) is 3.57. The standard InChI is InChI=1S/C18H25N3O3S/c1-17(2)13-5-6-18(17)11-25(23,24)21(15(18)8-13)16(22)9-14(19)12-4-3-7-20-10-12/h3-4,7,10,13-15H,5-6,8-9,11,19H2,1-2H3/t13-,14+,15-,18-/m0/s1. The normalized spacial score (nSPS) is 35.6. The number of pyridine rings is 1. The van der Waals surface area contributed by atoms with Crippen LogP contribution in [0.25, 0.3) is 0 Å². The minimum atomic E-state index is -3.58. The molecule has 1 aromatic rings. The third-order valence-corrected chi connectivity index (χ3v) is 9.10. The highest BCUT2D eigenvalue weighted by atomic mass is 32.2. The second-order valence-electron chi connectivity index (χ2n) is 8.41. The number of hydrogen-bond donors (Lipinski definition) is 1. The van der Waals surface area contributed by atoms with Crippen molar-refractivity contribution in [2.24, 2.45) is 22.5 Å². The van der Waals surface area contributed by atoms with E-state index < -0.39 is 16.1 Å². The van der Waals surface area contributed by atoms with E-state index in [9.17, 15) is 13.2 Å². The molecule has 3 fully saturated rings. The van der Waals surface area contributed by atoms with Gasteiger partial charge in [-0.1, -0.05) is 19.9 Å². The Morgan fingerprint density at radius 1 is 1.48 bits per heavy atom. The van der Waals surface area contributed by atoms with Crippen LogP contribution in [0.1, 0.15) is 51.1 Å².